The molecule has 0 fully saturated rings. The Kier molecular flexibility index (Phi) is 4.18. The lowest BCUT2D eigenvalue weighted by Crippen LogP contribution is -2.17. The van der Waals surface area contributed by atoms with Gasteiger partial charge in [0.15, 0.2) is 5.84 Å². The van der Waals surface area contributed by atoms with E-state index in [0.717, 1.165) is 16.8 Å². The highest BCUT2D eigenvalue weighted by Gasteiger charge is 2.10. The normalized spacial score (nSPS) is 11.2. The third-order valence-corrected chi connectivity index (χ3v) is 3.03. The Bertz CT molecular complexity index is 693. The number of nitrogens with two attached hydrogens (primary N) is 1. The maximum atomic E-state index is 12.1. The molecule has 0 saturated heterocycles. The molecule has 0 atom stereocenters. The van der Waals surface area contributed by atoms with Crippen LogP contribution in [0.2, 0.25) is 0 Å². The predicted octanol–water partition coefficient (Wildman–Crippen LogP) is 2.05. The lowest BCUT2D eigenvalue weighted by Gasteiger charge is -2.09. The zero-order chi connectivity index (χ0) is 15.4. The maximum Gasteiger partial charge on any atom is 0.274 e. The molecule has 0 spiro atoms. The summed E-state index contributed by atoms with van der Waals surface area (Å²) in [6, 6.07) is 8.86. The van der Waals surface area contributed by atoms with Gasteiger partial charge in [0.1, 0.15) is 5.69 Å². The molecule has 6 nitrogen and oxygen atoms in total. The van der Waals surface area contributed by atoms with E-state index in [-0.39, 0.29) is 17.4 Å². The van der Waals surface area contributed by atoms with Gasteiger partial charge in [-0.15, -0.1) is 0 Å². The lowest BCUT2D eigenvalue weighted by atomic mass is 10.1. The number of amides is 1. The number of nitrogens with zero attached hydrogens (tertiary/aromatic N) is 2. The molecule has 108 valence electrons. The van der Waals surface area contributed by atoms with E-state index < -0.39 is 0 Å². The number of rotatable bonds is 3. The van der Waals surface area contributed by atoms with Crippen molar-refractivity contribution in [2.75, 3.05) is 5.32 Å². The highest BCUT2D eigenvalue weighted by molar-refractivity contribution is 6.04. The molecule has 2 aromatic rings. The summed E-state index contributed by atoms with van der Waals surface area (Å²) in [4.78, 5) is 16.1. The van der Waals surface area contributed by atoms with Crippen LogP contribution in [0.1, 0.15) is 27.2 Å². The fourth-order valence-corrected chi connectivity index (χ4v) is 1.88. The molecule has 21 heavy (non-hydrogen) atoms. The molecule has 1 amide bonds. The van der Waals surface area contributed by atoms with Crippen molar-refractivity contribution in [1.82, 2.24) is 4.98 Å². The Hall–Kier alpha value is -2.89. The number of nitrogens with one attached hydrogen (secondary N) is 1. The van der Waals surface area contributed by atoms with Crippen molar-refractivity contribution in [3.8, 4) is 0 Å². The van der Waals surface area contributed by atoms with Crippen molar-refractivity contribution >= 4 is 17.4 Å². The van der Waals surface area contributed by atoms with Gasteiger partial charge in [-0.3, -0.25) is 9.78 Å². The van der Waals surface area contributed by atoms with Gasteiger partial charge in [-0.05, 0) is 37.6 Å². The standard InChI is InChI=1S/C15H16N4O2/c1-9-3-5-12(10(2)7-9)18-15(20)13-6-4-11(8-17-13)14(16)19-21/h3-8,21H,1-2H3,(H2,16,19)(H,18,20). The molecule has 1 heterocycles. The first kappa shape index (κ1) is 14.5. The molecule has 4 N–H and O–H groups in total. The van der Waals surface area contributed by atoms with Crippen molar-refractivity contribution in [2.45, 2.75) is 13.8 Å². The molecular weight excluding hydrogens is 268 g/mol. The summed E-state index contributed by atoms with van der Waals surface area (Å²) in [5.74, 6) is -0.364. The van der Waals surface area contributed by atoms with Crippen LogP contribution in [0.4, 0.5) is 5.69 Å². The van der Waals surface area contributed by atoms with E-state index in [9.17, 15) is 4.79 Å². The number of amidine groups is 1. The molecule has 6 heteroatoms. The molecule has 1 aromatic carbocycles. The van der Waals surface area contributed by atoms with E-state index in [0.29, 0.717) is 5.56 Å². The van der Waals surface area contributed by atoms with Gasteiger partial charge in [-0.25, -0.2) is 0 Å². The molecule has 0 aliphatic carbocycles. The predicted molar refractivity (Wildman–Crippen MR) is 80.6 cm³/mol. The Morgan fingerprint density at radius 2 is 2.05 bits per heavy atom. The quantitative estimate of drug-likeness (QED) is 0.347. The summed E-state index contributed by atoms with van der Waals surface area (Å²) in [6.07, 6.45) is 1.38. The highest BCUT2D eigenvalue weighted by atomic mass is 16.4. The number of oxime groups is 1. The maximum absolute atomic E-state index is 12.1. The summed E-state index contributed by atoms with van der Waals surface area (Å²) in [5, 5.41) is 14.2. The second-order valence-corrected chi connectivity index (χ2v) is 4.69. The van der Waals surface area contributed by atoms with Crippen LogP contribution in [0, 0.1) is 13.8 Å². The van der Waals surface area contributed by atoms with Crippen LogP contribution in [-0.2, 0) is 0 Å². The van der Waals surface area contributed by atoms with Gasteiger partial charge in [0.05, 0.1) is 0 Å². The molecule has 0 radical (unpaired) electrons. The van der Waals surface area contributed by atoms with Crippen LogP contribution < -0.4 is 11.1 Å². The number of pyridine rings is 1. The van der Waals surface area contributed by atoms with Gasteiger partial charge in [0.2, 0.25) is 0 Å². The first-order chi connectivity index (χ1) is 10.0. The Labute approximate surface area is 122 Å². The van der Waals surface area contributed by atoms with Gasteiger partial charge in [-0.1, -0.05) is 22.9 Å². The highest BCUT2D eigenvalue weighted by Crippen LogP contribution is 2.16. The average Bonchev–Trinajstić information content (AvgIpc) is 2.49. The second kappa shape index (κ2) is 6.04. The van der Waals surface area contributed by atoms with Gasteiger partial charge >= 0.3 is 0 Å². The third-order valence-electron chi connectivity index (χ3n) is 3.03. The van der Waals surface area contributed by atoms with Gasteiger partial charge in [0.25, 0.3) is 5.91 Å². The number of hydrogen-bond acceptors (Lipinski definition) is 4. The zero-order valence-corrected chi connectivity index (χ0v) is 11.8. The van der Waals surface area contributed by atoms with Crippen molar-refractivity contribution in [1.29, 1.82) is 0 Å². The van der Waals surface area contributed by atoms with E-state index in [1.165, 1.54) is 12.3 Å². The largest absolute Gasteiger partial charge is 0.409 e. The molecule has 1 aromatic heterocycles. The molecule has 0 saturated carbocycles. The van der Waals surface area contributed by atoms with Crippen LogP contribution in [-0.4, -0.2) is 21.9 Å². The van der Waals surface area contributed by atoms with E-state index >= 15 is 0 Å². The summed E-state index contributed by atoms with van der Waals surface area (Å²) in [6.45, 7) is 3.92. The van der Waals surface area contributed by atoms with Crippen molar-refractivity contribution in [2.24, 2.45) is 10.9 Å². The number of aryl methyl sites for hydroxylation is 2. The van der Waals surface area contributed by atoms with E-state index in [4.69, 9.17) is 10.9 Å². The van der Waals surface area contributed by atoms with Crippen LogP contribution in [0.25, 0.3) is 0 Å². The summed E-state index contributed by atoms with van der Waals surface area (Å²) in [5.41, 5.74) is 8.99. The van der Waals surface area contributed by atoms with Gasteiger partial charge < -0.3 is 16.3 Å². The number of anilines is 1. The third kappa shape index (κ3) is 3.36. The van der Waals surface area contributed by atoms with Gasteiger partial charge in [0, 0.05) is 17.4 Å². The molecule has 0 unspecified atom stereocenters. The van der Waals surface area contributed by atoms with Crippen molar-refractivity contribution < 1.29 is 10.0 Å². The van der Waals surface area contributed by atoms with Crippen LogP contribution in [0.3, 0.4) is 0 Å². The Morgan fingerprint density at radius 3 is 2.62 bits per heavy atom. The van der Waals surface area contributed by atoms with Crippen LogP contribution in [0.15, 0.2) is 41.7 Å². The van der Waals surface area contributed by atoms with Crippen LogP contribution in [0.5, 0.6) is 0 Å². The minimum Gasteiger partial charge on any atom is -0.409 e. The summed E-state index contributed by atoms with van der Waals surface area (Å²) < 4.78 is 0. The number of carbonyl (C=O) groups excluding carboxylic acids is 1. The first-order valence-corrected chi connectivity index (χ1v) is 6.34. The molecule has 0 aliphatic heterocycles. The topological polar surface area (TPSA) is 101 Å². The van der Waals surface area contributed by atoms with E-state index in [1.54, 1.807) is 6.07 Å². The summed E-state index contributed by atoms with van der Waals surface area (Å²) >= 11 is 0. The molecule has 0 aliphatic rings. The van der Waals surface area contributed by atoms with Gasteiger partial charge in [-0.2, -0.15) is 0 Å². The number of hydrogen-bond donors (Lipinski definition) is 3. The van der Waals surface area contributed by atoms with E-state index in [1.807, 2.05) is 32.0 Å². The first-order valence-electron chi connectivity index (χ1n) is 6.34. The number of benzene rings is 1. The van der Waals surface area contributed by atoms with E-state index in [2.05, 4.69) is 15.5 Å². The fraction of sp³-hybridized carbons (Fsp3) is 0.133. The van der Waals surface area contributed by atoms with Crippen LogP contribution >= 0.6 is 0 Å². The number of aromatic nitrogens is 1. The second-order valence-electron chi connectivity index (χ2n) is 4.69. The summed E-state index contributed by atoms with van der Waals surface area (Å²) in [7, 11) is 0. The average molecular weight is 284 g/mol. The molecular formula is C15H16N4O2. The SMILES string of the molecule is Cc1ccc(NC(=O)c2ccc(C(N)=NO)cn2)c(C)c1. The zero-order valence-electron chi connectivity index (χ0n) is 11.8. The minimum atomic E-state index is -0.312. The Morgan fingerprint density at radius 1 is 1.29 bits per heavy atom. The molecule has 0 bridgehead atoms. The fourth-order valence-electron chi connectivity index (χ4n) is 1.88. The van der Waals surface area contributed by atoms with Crippen molar-refractivity contribution in [3.63, 3.8) is 0 Å². The van der Waals surface area contributed by atoms with Crippen molar-refractivity contribution in [3.05, 3.63) is 58.9 Å². The monoisotopic (exact) mass is 284 g/mol. The number of carbonyl (C=O) groups is 1. The Balaban J connectivity index is 2.17. The lowest BCUT2D eigenvalue weighted by molar-refractivity contribution is 0.102. The minimum absolute atomic E-state index is 0.0520. The smallest absolute Gasteiger partial charge is 0.274 e. The molecule has 2 rings (SSSR count).